The molecule has 1 N–H and O–H groups in total. The Morgan fingerprint density at radius 2 is 2.17 bits per heavy atom. The number of rotatable bonds is 4. The number of ether oxygens (including phenoxy) is 1. The molecular formula is C7H12F2O3. The highest BCUT2D eigenvalue weighted by Crippen LogP contribution is 2.21. The van der Waals surface area contributed by atoms with Crippen LogP contribution in [0.5, 0.6) is 0 Å². The van der Waals surface area contributed by atoms with Crippen molar-refractivity contribution in [1.82, 2.24) is 0 Å². The molecule has 0 aromatic heterocycles. The van der Waals surface area contributed by atoms with Gasteiger partial charge in [-0.25, -0.2) is 4.79 Å². The molecule has 0 radical (unpaired) electrons. The maximum absolute atomic E-state index is 12.6. The van der Waals surface area contributed by atoms with Crippen molar-refractivity contribution in [3.63, 3.8) is 0 Å². The fourth-order valence-electron chi connectivity index (χ4n) is 0.691. The van der Waals surface area contributed by atoms with Crippen LogP contribution in [0.25, 0.3) is 0 Å². The number of hydrogen-bond acceptors (Lipinski definition) is 3. The van der Waals surface area contributed by atoms with Gasteiger partial charge in [-0.3, -0.25) is 0 Å². The molecule has 72 valence electrons. The number of hydrogen-bond donors (Lipinski definition) is 1. The van der Waals surface area contributed by atoms with Crippen LogP contribution in [-0.2, 0) is 9.53 Å². The van der Waals surface area contributed by atoms with E-state index in [0.717, 1.165) is 0 Å². The number of aliphatic hydroxyl groups excluding tert-OH is 1. The van der Waals surface area contributed by atoms with Crippen LogP contribution in [0.1, 0.15) is 20.3 Å². The van der Waals surface area contributed by atoms with Gasteiger partial charge in [-0.2, -0.15) is 8.78 Å². The second kappa shape index (κ2) is 4.35. The Kier molecular flexibility index (Phi) is 4.09. The molecular weight excluding hydrogens is 170 g/mol. The molecule has 0 heterocycles. The van der Waals surface area contributed by atoms with Crippen molar-refractivity contribution in [2.75, 3.05) is 6.61 Å². The van der Waals surface area contributed by atoms with Crippen LogP contribution in [0.3, 0.4) is 0 Å². The minimum absolute atomic E-state index is 0.0891. The lowest BCUT2D eigenvalue weighted by Crippen LogP contribution is -2.33. The van der Waals surface area contributed by atoms with Crippen LogP contribution in [0.2, 0.25) is 0 Å². The summed E-state index contributed by atoms with van der Waals surface area (Å²) in [4.78, 5) is 10.5. The summed E-state index contributed by atoms with van der Waals surface area (Å²) in [5, 5.41) is 8.62. The Morgan fingerprint density at radius 3 is 2.50 bits per heavy atom. The van der Waals surface area contributed by atoms with Crippen molar-refractivity contribution >= 4 is 5.97 Å². The number of carbonyl (C=O) groups is 1. The summed E-state index contributed by atoms with van der Waals surface area (Å²) in [6, 6.07) is 0. The first-order valence-electron chi connectivity index (χ1n) is 3.63. The molecule has 0 saturated carbocycles. The Bertz CT molecular complexity index is 157. The molecule has 0 amide bonds. The van der Waals surface area contributed by atoms with E-state index in [9.17, 15) is 13.6 Å². The molecule has 0 aromatic rings. The van der Waals surface area contributed by atoms with Crippen molar-refractivity contribution in [2.45, 2.75) is 32.3 Å². The molecule has 0 aromatic carbocycles. The first-order valence-corrected chi connectivity index (χ1v) is 3.63. The third-order valence-corrected chi connectivity index (χ3v) is 1.13. The quantitative estimate of drug-likeness (QED) is 0.658. The standard InChI is InChI=1S/C7H12F2O3/c1-3-12-6(11)7(8,9)4-5(2)10/h5,10H,3-4H2,1-2H3. The minimum Gasteiger partial charge on any atom is -0.462 e. The van der Waals surface area contributed by atoms with Gasteiger partial charge in [0.25, 0.3) is 0 Å². The molecule has 0 saturated heterocycles. The monoisotopic (exact) mass is 182 g/mol. The third-order valence-electron chi connectivity index (χ3n) is 1.13. The molecule has 0 spiro atoms. The summed E-state index contributed by atoms with van der Waals surface area (Å²) in [6.45, 7) is 2.54. The fourth-order valence-corrected chi connectivity index (χ4v) is 0.691. The largest absolute Gasteiger partial charge is 0.462 e. The zero-order valence-corrected chi connectivity index (χ0v) is 7.01. The smallest absolute Gasteiger partial charge is 0.377 e. The van der Waals surface area contributed by atoms with E-state index < -0.39 is 24.4 Å². The summed E-state index contributed by atoms with van der Waals surface area (Å²) in [7, 11) is 0. The number of alkyl halides is 2. The molecule has 0 fully saturated rings. The van der Waals surface area contributed by atoms with Gasteiger partial charge < -0.3 is 9.84 Å². The molecule has 1 unspecified atom stereocenters. The van der Waals surface area contributed by atoms with Gasteiger partial charge in [-0.05, 0) is 13.8 Å². The van der Waals surface area contributed by atoms with Crippen LogP contribution in [0.15, 0.2) is 0 Å². The Labute approximate surface area is 69.3 Å². The summed E-state index contributed by atoms with van der Waals surface area (Å²) in [5.74, 6) is -5.16. The molecule has 0 aliphatic carbocycles. The topological polar surface area (TPSA) is 46.5 Å². The lowest BCUT2D eigenvalue weighted by atomic mass is 10.1. The first-order chi connectivity index (χ1) is 5.40. The van der Waals surface area contributed by atoms with Gasteiger partial charge in [0.2, 0.25) is 0 Å². The van der Waals surface area contributed by atoms with E-state index in [2.05, 4.69) is 4.74 Å². The Morgan fingerprint density at radius 1 is 1.67 bits per heavy atom. The summed E-state index contributed by atoms with van der Waals surface area (Å²) in [5.41, 5.74) is 0. The van der Waals surface area contributed by atoms with Crippen molar-refractivity contribution in [2.24, 2.45) is 0 Å². The average molecular weight is 182 g/mol. The molecule has 0 bridgehead atoms. The molecule has 12 heavy (non-hydrogen) atoms. The van der Waals surface area contributed by atoms with E-state index in [4.69, 9.17) is 5.11 Å². The van der Waals surface area contributed by atoms with Gasteiger partial charge in [-0.1, -0.05) is 0 Å². The van der Waals surface area contributed by atoms with E-state index in [0.29, 0.717) is 0 Å². The van der Waals surface area contributed by atoms with Crippen molar-refractivity contribution in [3.05, 3.63) is 0 Å². The average Bonchev–Trinajstić information content (AvgIpc) is 1.85. The third kappa shape index (κ3) is 3.61. The van der Waals surface area contributed by atoms with Crippen LogP contribution in [-0.4, -0.2) is 29.7 Å². The maximum Gasteiger partial charge on any atom is 0.377 e. The Balaban J connectivity index is 4.09. The van der Waals surface area contributed by atoms with Crippen molar-refractivity contribution in [3.8, 4) is 0 Å². The molecule has 0 aliphatic heterocycles. The predicted molar refractivity (Wildman–Crippen MR) is 37.9 cm³/mol. The number of halogens is 2. The maximum atomic E-state index is 12.6. The highest BCUT2D eigenvalue weighted by Gasteiger charge is 2.41. The number of esters is 1. The van der Waals surface area contributed by atoms with Gasteiger partial charge in [0.15, 0.2) is 0 Å². The molecule has 3 nitrogen and oxygen atoms in total. The van der Waals surface area contributed by atoms with Gasteiger partial charge in [0.05, 0.1) is 12.7 Å². The van der Waals surface area contributed by atoms with Crippen LogP contribution in [0.4, 0.5) is 8.78 Å². The van der Waals surface area contributed by atoms with E-state index in [-0.39, 0.29) is 6.61 Å². The fraction of sp³-hybridized carbons (Fsp3) is 0.857. The summed E-state index contributed by atoms with van der Waals surface area (Å²) < 4.78 is 29.3. The zero-order valence-electron chi connectivity index (χ0n) is 7.01. The lowest BCUT2D eigenvalue weighted by Gasteiger charge is -2.15. The van der Waals surface area contributed by atoms with Crippen molar-refractivity contribution < 1.29 is 23.4 Å². The van der Waals surface area contributed by atoms with E-state index >= 15 is 0 Å². The lowest BCUT2D eigenvalue weighted by molar-refractivity contribution is -0.175. The summed E-state index contributed by atoms with van der Waals surface area (Å²) in [6.07, 6.45) is -2.12. The second-order valence-electron chi connectivity index (χ2n) is 2.48. The minimum atomic E-state index is -3.58. The molecule has 0 aliphatic rings. The van der Waals surface area contributed by atoms with E-state index in [1.165, 1.54) is 13.8 Å². The van der Waals surface area contributed by atoms with Gasteiger partial charge in [-0.15, -0.1) is 0 Å². The summed E-state index contributed by atoms with van der Waals surface area (Å²) >= 11 is 0. The number of aliphatic hydroxyl groups is 1. The van der Waals surface area contributed by atoms with Gasteiger partial charge in [0.1, 0.15) is 0 Å². The van der Waals surface area contributed by atoms with Gasteiger partial charge in [0, 0.05) is 6.42 Å². The Hall–Kier alpha value is -0.710. The van der Waals surface area contributed by atoms with Gasteiger partial charge >= 0.3 is 11.9 Å². The first kappa shape index (κ1) is 11.3. The predicted octanol–water partition coefficient (Wildman–Crippen LogP) is 0.956. The molecule has 5 heteroatoms. The highest BCUT2D eigenvalue weighted by atomic mass is 19.3. The molecule has 0 rings (SSSR count). The zero-order chi connectivity index (χ0) is 9.78. The highest BCUT2D eigenvalue weighted by molar-refractivity contribution is 5.77. The SMILES string of the molecule is CCOC(=O)C(F)(F)CC(C)O. The molecule has 1 atom stereocenters. The van der Waals surface area contributed by atoms with Crippen molar-refractivity contribution in [1.29, 1.82) is 0 Å². The van der Waals surface area contributed by atoms with E-state index in [1.54, 1.807) is 0 Å². The normalized spacial score (nSPS) is 14.1. The van der Waals surface area contributed by atoms with Crippen LogP contribution < -0.4 is 0 Å². The van der Waals surface area contributed by atoms with Crippen LogP contribution >= 0.6 is 0 Å². The second-order valence-corrected chi connectivity index (χ2v) is 2.48. The van der Waals surface area contributed by atoms with E-state index in [1.807, 2.05) is 0 Å². The van der Waals surface area contributed by atoms with Crippen LogP contribution in [0, 0.1) is 0 Å². The number of carbonyl (C=O) groups excluding carboxylic acids is 1.